The van der Waals surface area contributed by atoms with Crippen LogP contribution >= 0.6 is 0 Å². The van der Waals surface area contributed by atoms with Crippen molar-refractivity contribution in [3.8, 4) is 0 Å². The van der Waals surface area contributed by atoms with Crippen molar-refractivity contribution >= 4 is 5.97 Å². The fourth-order valence-electron chi connectivity index (χ4n) is 1.25. The number of nitrogens with two attached hydrogens (primary N) is 1. The Balaban J connectivity index is 2.49. The molecule has 0 aliphatic heterocycles. The minimum Gasteiger partial charge on any atom is -0.481 e. The second-order valence-electron chi connectivity index (χ2n) is 2.74. The first-order valence-electron chi connectivity index (χ1n) is 3.27. The molecule has 0 spiro atoms. The van der Waals surface area contributed by atoms with Crippen LogP contribution < -0.4 is 5.73 Å². The van der Waals surface area contributed by atoms with Gasteiger partial charge in [0.25, 0.3) is 0 Å². The number of carboxylic acids is 1. The third kappa shape index (κ3) is 1.27. The maximum absolute atomic E-state index is 10.3. The van der Waals surface area contributed by atoms with E-state index in [1.165, 1.54) is 0 Å². The number of hydrogen-bond donors (Lipinski definition) is 3. The number of aliphatic carboxylic acids is 1. The summed E-state index contributed by atoms with van der Waals surface area (Å²) in [5.74, 6) is -1.29. The number of carbonyl (C=O) groups is 1. The van der Waals surface area contributed by atoms with Crippen molar-refractivity contribution in [2.24, 2.45) is 11.7 Å². The SMILES string of the molecule is N[C@@H]1CC(C(=O)O)CC1O. The lowest BCUT2D eigenvalue weighted by molar-refractivity contribution is -0.141. The van der Waals surface area contributed by atoms with Crippen LogP contribution in [0.3, 0.4) is 0 Å². The molecule has 10 heavy (non-hydrogen) atoms. The Kier molecular flexibility index (Phi) is 1.92. The maximum atomic E-state index is 10.3. The number of hydrogen-bond acceptors (Lipinski definition) is 3. The quantitative estimate of drug-likeness (QED) is 0.449. The lowest BCUT2D eigenvalue weighted by atomic mass is 10.1. The van der Waals surface area contributed by atoms with E-state index in [4.69, 9.17) is 15.9 Å². The second kappa shape index (κ2) is 2.56. The highest BCUT2D eigenvalue weighted by atomic mass is 16.4. The molecule has 3 atom stereocenters. The molecule has 4 nitrogen and oxygen atoms in total. The van der Waals surface area contributed by atoms with Gasteiger partial charge in [0.2, 0.25) is 0 Å². The molecule has 1 fully saturated rings. The van der Waals surface area contributed by atoms with Gasteiger partial charge in [-0.2, -0.15) is 0 Å². The van der Waals surface area contributed by atoms with Gasteiger partial charge in [0.05, 0.1) is 12.0 Å². The van der Waals surface area contributed by atoms with Crippen molar-refractivity contribution in [1.82, 2.24) is 0 Å². The minimum atomic E-state index is -0.855. The fourth-order valence-corrected chi connectivity index (χ4v) is 1.25. The van der Waals surface area contributed by atoms with Crippen molar-refractivity contribution in [3.63, 3.8) is 0 Å². The number of carboxylic acid groups (broad SMARTS) is 1. The van der Waals surface area contributed by atoms with Crippen LogP contribution in [0.5, 0.6) is 0 Å². The Morgan fingerprint density at radius 3 is 2.30 bits per heavy atom. The second-order valence-corrected chi connectivity index (χ2v) is 2.74. The summed E-state index contributed by atoms with van der Waals surface area (Å²) in [4.78, 5) is 10.3. The highest BCUT2D eigenvalue weighted by Gasteiger charge is 2.34. The zero-order valence-electron chi connectivity index (χ0n) is 5.53. The van der Waals surface area contributed by atoms with Gasteiger partial charge in [-0.25, -0.2) is 0 Å². The summed E-state index contributed by atoms with van der Waals surface area (Å²) in [5, 5.41) is 17.5. The molecule has 0 radical (unpaired) electrons. The fraction of sp³-hybridized carbons (Fsp3) is 0.833. The Labute approximate surface area is 58.6 Å². The Morgan fingerprint density at radius 1 is 1.50 bits per heavy atom. The lowest BCUT2D eigenvalue weighted by Crippen LogP contribution is -2.28. The molecule has 1 aliphatic rings. The third-order valence-corrected chi connectivity index (χ3v) is 1.93. The van der Waals surface area contributed by atoms with Crippen LogP contribution in [0.2, 0.25) is 0 Å². The largest absolute Gasteiger partial charge is 0.481 e. The smallest absolute Gasteiger partial charge is 0.306 e. The van der Waals surface area contributed by atoms with E-state index in [1.807, 2.05) is 0 Å². The number of aliphatic hydroxyl groups is 1. The van der Waals surface area contributed by atoms with E-state index in [2.05, 4.69) is 0 Å². The summed E-state index contributed by atoms with van der Waals surface area (Å²) in [6.45, 7) is 0. The van der Waals surface area contributed by atoms with E-state index >= 15 is 0 Å². The van der Waals surface area contributed by atoms with Crippen LogP contribution in [0.15, 0.2) is 0 Å². The first-order valence-corrected chi connectivity index (χ1v) is 3.27. The van der Waals surface area contributed by atoms with Crippen molar-refractivity contribution in [2.45, 2.75) is 25.0 Å². The first-order chi connectivity index (χ1) is 4.61. The molecular formula is C6H11NO3. The Hall–Kier alpha value is -0.610. The van der Waals surface area contributed by atoms with Crippen LogP contribution in [0, 0.1) is 5.92 Å². The zero-order chi connectivity index (χ0) is 7.72. The summed E-state index contributed by atoms with van der Waals surface area (Å²) in [6.07, 6.45) is 0.0774. The third-order valence-electron chi connectivity index (χ3n) is 1.93. The standard InChI is InChI=1S/C6H11NO3/c7-4-1-3(6(9)10)2-5(4)8/h3-5,8H,1-2,7H2,(H,9,10)/t3?,4-,5?/m1/s1. The van der Waals surface area contributed by atoms with Crippen molar-refractivity contribution in [3.05, 3.63) is 0 Å². The average molecular weight is 145 g/mol. The van der Waals surface area contributed by atoms with Crippen LogP contribution in [0.25, 0.3) is 0 Å². The Bertz CT molecular complexity index is 138. The van der Waals surface area contributed by atoms with Gasteiger partial charge in [0.1, 0.15) is 0 Å². The van der Waals surface area contributed by atoms with E-state index in [1.54, 1.807) is 0 Å². The normalized spacial score (nSPS) is 40.0. The summed E-state index contributed by atoms with van der Waals surface area (Å²) in [7, 11) is 0. The summed E-state index contributed by atoms with van der Waals surface area (Å²) in [6, 6.07) is -0.346. The topological polar surface area (TPSA) is 83.6 Å². The molecule has 4 N–H and O–H groups in total. The molecule has 0 bridgehead atoms. The van der Waals surface area contributed by atoms with Crippen molar-refractivity contribution < 1.29 is 15.0 Å². The van der Waals surface area contributed by atoms with E-state index in [-0.39, 0.29) is 6.04 Å². The van der Waals surface area contributed by atoms with E-state index in [9.17, 15) is 4.79 Å². The maximum Gasteiger partial charge on any atom is 0.306 e. The molecule has 1 aliphatic carbocycles. The van der Waals surface area contributed by atoms with Gasteiger partial charge in [0, 0.05) is 6.04 Å². The van der Waals surface area contributed by atoms with Gasteiger partial charge in [-0.1, -0.05) is 0 Å². The molecule has 0 aromatic rings. The molecule has 0 heterocycles. The van der Waals surface area contributed by atoms with Crippen LogP contribution in [0.4, 0.5) is 0 Å². The van der Waals surface area contributed by atoms with Gasteiger partial charge < -0.3 is 15.9 Å². The molecule has 1 rings (SSSR count). The van der Waals surface area contributed by atoms with E-state index in [0.717, 1.165) is 0 Å². The molecule has 0 saturated heterocycles. The van der Waals surface area contributed by atoms with Crippen LogP contribution in [-0.2, 0) is 4.79 Å². The lowest BCUT2D eigenvalue weighted by Gasteiger charge is -2.04. The average Bonchev–Trinajstić information content (AvgIpc) is 2.13. The molecule has 0 aromatic heterocycles. The molecule has 4 heteroatoms. The zero-order valence-corrected chi connectivity index (χ0v) is 5.53. The molecule has 58 valence electrons. The van der Waals surface area contributed by atoms with Gasteiger partial charge in [-0.05, 0) is 12.8 Å². The molecule has 0 aromatic carbocycles. The Morgan fingerprint density at radius 2 is 2.10 bits per heavy atom. The minimum absolute atomic E-state index is 0.302. The van der Waals surface area contributed by atoms with E-state index in [0.29, 0.717) is 12.8 Å². The predicted octanol–water partition coefficient (Wildman–Crippen LogP) is -0.831. The highest BCUT2D eigenvalue weighted by Crippen LogP contribution is 2.24. The summed E-state index contributed by atoms with van der Waals surface area (Å²) < 4.78 is 0. The number of aliphatic hydroxyl groups excluding tert-OH is 1. The van der Waals surface area contributed by atoms with Crippen LogP contribution in [-0.4, -0.2) is 28.3 Å². The van der Waals surface area contributed by atoms with Crippen molar-refractivity contribution in [1.29, 1.82) is 0 Å². The van der Waals surface area contributed by atoms with E-state index < -0.39 is 18.0 Å². The molecule has 0 amide bonds. The van der Waals surface area contributed by atoms with Gasteiger partial charge in [0.15, 0.2) is 0 Å². The molecule has 1 saturated carbocycles. The summed E-state index contributed by atoms with van der Waals surface area (Å²) >= 11 is 0. The summed E-state index contributed by atoms with van der Waals surface area (Å²) in [5.41, 5.74) is 5.39. The van der Waals surface area contributed by atoms with Gasteiger partial charge in [-0.3, -0.25) is 4.79 Å². The van der Waals surface area contributed by atoms with Gasteiger partial charge >= 0.3 is 5.97 Å². The number of rotatable bonds is 1. The van der Waals surface area contributed by atoms with Crippen LogP contribution in [0.1, 0.15) is 12.8 Å². The molecule has 2 unspecified atom stereocenters. The highest BCUT2D eigenvalue weighted by molar-refractivity contribution is 5.70. The van der Waals surface area contributed by atoms with Crippen molar-refractivity contribution in [2.75, 3.05) is 0 Å². The predicted molar refractivity (Wildman–Crippen MR) is 34.3 cm³/mol. The van der Waals surface area contributed by atoms with Gasteiger partial charge in [-0.15, -0.1) is 0 Å². The first kappa shape index (κ1) is 7.50. The monoisotopic (exact) mass is 145 g/mol. The molecular weight excluding hydrogens is 134 g/mol.